The summed E-state index contributed by atoms with van der Waals surface area (Å²) in [5.41, 5.74) is 3.10. The van der Waals surface area contributed by atoms with Crippen LogP contribution in [0.3, 0.4) is 0 Å². The van der Waals surface area contributed by atoms with Crippen molar-refractivity contribution in [1.29, 1.82) is 0 Å². The van der Waals surface area contributed by atoms with E-state index in [2.05, 4.69) is 0 Å². The Hall–Kier alpha value is -2.20. The highest BCUT2D eigenvalue weighted by Gasteiger charge is 2.16. The molecule has 1 N–H and O–H groups in total. The Morgan fingerprint density at radius 3 is 2.57 bits per heavy atom. The van der Waals surface area contributed by atoms with E-state index < -0.39 is 6.92 Å². The number of nitrogens with zero attached hydrogens (tertiary/aromatic N) is 1. The molecule has 4 heteroatoms. The van der Waals surface area contributed by atoms with Gasteiger partial charge in [-0.2, -0.15) is 0 Å². The Bertz CT molecular complexity index is 750. The number of hydrogen-bond acceptors (Lipinski definition) is 2. The number of benzene rings is 2. The third kappa shape index (κ3) is 2.67. The number of hydrogen-bond donors (Lipinski definition) is 1. The van der Waals surface area contributed by atoms with Crippen LogP contribution >= 0.6 is 0 Å². The van der Waals surface area contributed by atoms with Crippen molar-refractivity contribution in [3.63, 3.8) is 0 Å². The number of fused-ring (bicyclic) bond motifs is 1. The molecule has 0 aliphatic heterocycles. The Labute approximate surface area is 124 Å². The third-order valence-electron chi connectivity index (χ3n) is 3.75. The zero-order valence-electron chi connectivity index (χ0n) is 12.3. The largest absolute Gasteiger partial charge is 0.488 e. The van der Waals surface area contributed by atoms with Crippen molar-refractivity contribution in [2.24, 2.45) is 7.05 Å². The van der Waals surface area contributed by atoms with Crippen LogP contribution in [0.4, 0.5) is 0 Å². The van der Waals surface area contributed by atoms with Gasteiger partial charge < -0.3 is 14.3 Å². The molecule has 0 unspecified atom stereocenters. The van der Waals surface area contributed by atoms with Crippen LogP contribution in [0.25, 0.3) is 10.9 Å². The van der Waals surface area contributed by atoms with Gasteiger partial charge in [0.2, 0.25) is 0 Å². The molecule has 3 rings (SSSR count). The van der Waals surface area contributed by atoms with Crippen LogP contribution in [0.5, 0.6) is 5.75 Å². The average molecular weight is 279 g/mol. The quantitative estimate of drug-likeness (QED) is 0.745. The number of ether oxygens (including phenoxy) is 1. The van der Waals surface area contributed by atoms with Gasteiger partial charge in [0, 0.05) is 18.0 Å². The lowest BCUT2D eigenvalue weighted by molar-refractivity contribution is 0.310. The summed E-state index contributed by atoms with van der Waals surface area (Å²) in [6, 6.07) is 18.1. The highest BCUT2D eigenvalue weighted by molar-refractivity contribution is 6.64. The lowest BCUT2D eigenvalue weighted by Gasteiger charge is -2.08. The number of aromatic nitrogens is 1. The normalized spacial score (nSPS) is 10.8. The Morgan fingerprint density at radius 2 is 1.86 bits per heavy atom. The first-order valence-electron chi connectivity index (χ1n) is 7.10. The van der Waals surface area contributed by atoms with E-state index in [1.807, 2.05) is 66.2 Å². The number of aryl methyl sites for hydroxylation is 1. The van der Waals surface area contributed by atoms with E-state index in [-0.39, 0.29) is 0 Å². The first-order chi connectivity index (χ1) is 10.2. The van der Waals surface area contributed by atoms with Crippen molar-refractivity contribution in [3.05, 3.63) is 60.2 Å². The molecule has 0 spiro atoms. The van der Waals surface area contributed by atoms with E-state index in [1.54, 1.807) is 6.82 Å². The highest BCUT2D eigenvalue weighted by atomic mass is 16.5. The molecule has 0 amide bonds. The van der Waals surface area contributed by atoms with Gasteiger partial charge in [-0.3, -0.25) is 0 Å². The van der Waals surface area contributed by atoms with Crippen LogP contribution < -0.4 is 10.3 Å². The lowest BCUT2D eigenvalue weighted by atomic mass is 9.68. The van der Waals surface area contributed by atoms with Gasteiger partial charge in [0.15, 0.2) is 0 Å². The predicted molar refractivity (Wildman–Crippen MR) is 87.2 cm³/mol. The van der Waals surface area contributed by atoms with Crippen molar-refractivity contribution >= 4 is 23.4 Å². The minimum absolute atomic E-state index is 0.496. The molecule has 0 fully saturated rings. The van der Waals surface area contributed by atoms with Crippen molar-refractivity contribution in [2.75, 3.05) is 0 Å². The van der Waals surface area contributed by atoms with Crippen molar-refractivity contribution in [1.82, 2.24) is 4.57 Å². The van der Waals surface area contributed by atoms with Crippen molar-refractivity contribution in [3.8, 4) is 5.75 Å². The predicted octanol–water partition coefficient (Wildman–Crippen LogP) is 2.58. The smallest absolute Gasteiger partial charge is 0.337 e. The maximum absolute atomic E-state index is 9.84. The fourth-order valence-corrected chi connectivity index (χ4v) is 2.62. The first kappa shape index (κ1) is 13.8. The molecule has 3 nitrogen and oxygen atoms in total. The molecule has 2 aromatic carbocycles. The second-order valence-electron chi connectivity index (χ2n) is 5.27. The topological polar surface area (TPSA) is 34.4 Å². The molecule has 3 aromatic rings. The van der Waals surface area contributed by atoms with Gasteiger partial charge in [-0.1, -0.05) is 43.2 Å². The molecule has 106 valence electrons. The molecule has 0 bridgehead atoms. The van der Waals surface area contributed by atoms with Crippen LogP contribution in [0.1, 0.15) is 5.56 Å². The second-order valence-corrected chi connectivity index (χ2v) is 5.27. The van der Waals surface area contributed by atoms with Crippen molar-refractivity contribution in [2.45, 2.75) is 13.4 Å². The van der Waals surface area contributed by atoms with Gasteiger partial charge in [-0.25, -0.2) is 0 Å². The van der Waals surface area contributed by atoms with Gasteiger partial charge >= 0.3 is 6.92 Å². The van der Waals surface area contributed by atoms with Crippen LogP contribution in [0.2, 0.25) is 6.82 Å². The molecule has 0 radical (unpaired) electrons. The minimum Gasteiger partial charge on any atom is -0.488 e. The fourth-order valence-electron chi connectivity index (χ4n) is 2.62. The maximum Gasteiger partial charge on any atom is 0.337 e. The summed E-state index contributed by atoms with van der Waals surface area (Å²) in [4.78, 5) is 0. The van der Waals surface area contributed by atoms with Gasteiger partial charge in [0.05, 0.1) is 5.52 Å². The van der Waals surface area contributed by atoms with Gasteiger partial charge in [0.1, 0.15) is 12.4 Å². The summed E-state index contributed by atoms with van der Waals surface area (Å²) in [7, 11) is 1.96. The summed E-state index contributed by atoms with van der Waals surface area (Å²) >= 11 is 0. The van der Waals surface area contributed by atoms with Gasteiger partial charge in [0.25, 0.3) is 0 Å². The van der Waals surface area contributed by atoms with E-state index in [9.17, 15) is 5.02 Å². The molecule has 0 aliphatic rings. The van der Waals surface area contributed by atoms with Crippen LogP contribution in [-0.2, 0) is 13.7 Å². The summed E-state index contributed by atoms with van der Waals surface area (Å²) < 4.78 is 7.97. The fraction of sp³-hybridized carbons (Fsp3) is 0.176. The zero-order chi connectivity index (χ0) is 14.8. The first-order valence-corrected chi connectivity index (χ1v) is 7.10. The van der Waals surface area contributed by atoms with E-state index >= 15 is 0 Å². The molecular weight excluding hydrogens is 261 g/mol. The molecule has 0 saturated carbocycles. The van der Waals surface area contributed by atoms with E-state index in [0.29, 0.717) is 6.61 Å². The zero-order valence-corrected chi connectivity index (χ0v) is 12.3. The highest BCUT2D eigenvalue weighted by Crippen LogP contribution is 2.26. The molecule has 21 heavy (non-hydrogen) atoms. The molecule has 0 aliphatic carbocycles. The molecule has 1 heterocycles. The van der Waals surface area contributed by atoms with E-state index in [1.165, 1.54) is 0 Å². The lowest BCUT2D eigenvalue weighted by Crippen LogP contribution is -2.31. The summed E-state index contributed by atoms with van der Waals surface area (Å²) in [6.45, 7) is 1.82. The maximum atomic E-state index is 9.84. The monoisotopic (exact) mass is 279 g/mol. The Kier molecular flexibility index (Phi) is 3.71. The van der Waals surface area contributed by atoms with Crippen LogP contribution in [-0.4, -0.2) is 16.5 Å². The molecule has 0 atom stereocenters. The number of rotatable bonds is 4. The third-order valence-corrected chi connectivity index (χ3v) is 3.75. The minimum atomic E-state index is -0.496. The second kappa shape index (κ2) is 5.66. The average Bonchev–Trinajstić information content (AvgIpc) is 2.84. The summed E-state index contributed by atoms with van der Waals surface area (Å²) in [5.74, 6) is 0.846. The summed E-state index contributed by atoms with van der Waals surface area (Å²) in [6.07, 6.45) is 0. The van der Waals surface area contributed by atoms with Crippen LogP contribution in [0.15, 0.2) is 54.6 Å². The van der Waals surface area contributed by atoms with Gasteiger partial charge in [-0.15, -0.1) is 0 Å². The van der Waals surface area contributed by atoms with Crippen molar-refractivity contribution < 1.29 is 9.76 Å². The summed E-state index contributed by atoms with van der Waals surface area (Å²) in [5, 5.41) is 10.9. The van der Waals surface area contributed by atoms with Gasteiger partial charge in [-0.05, 0) is 23.8 Å². The Balaban J connectivity index is 1.94. The molecule has 1 aromatic heterocycles. The molecule has 0 saturated heterocycles. The SMILES string of the molecule is CB(O)c1cc2c(OCc3ccccc3)cccc2n1C. The van der Waals surface area contributed by atoms with E-state index in [4.69, 9.17) is 4.74 Å². The van der Waals surface area contributed by atoms with Crippen LogP contribution in [0, 0.1) is 0 Å². The van der Waals surface area contributed by atoms with E-state index in [0.717, 1.165) is 27.8 Å². The molecular formula is C17H18BNO2. The standard InChI is InChI=1S/C17H18BNO2/c1-18(20)17-11-14-15(19(17)2)9-6-10-16(14)21-12-13-7-4-3-5-8-13/h3-11,20H,12H2,1-2H3. The Morgan fingerprint density at radius 1 is 1.10 bits per heavy atom.